The summed E-state index contributed by atoms with van der Waals surface area (Å²) in [6, 6.07) is 56.4. The molecule has 0 N–H and O–H groups in total. The molecule has 50 heavy (non-hydrogen) atoms. The van der Waals surface area contributed by atoms with Crippen LogP contribution in [0.5, 0.6) is 0 Å². The number of rotatable bonds is 4. The largest absolute Gasteiger partial charge is 0.264 e. The number of hydrogen-bond acceptors (Lipinski definition) is 3. The lowest BCUT2D eigenvalue weighted by Crippen LogP contribution is -1.94. The minimum absolute atomic E-state index is 0.893. The number of pyridine rings is 3. The van der Waals surface area contributed by atoms with E-state index in [0.29, 0.717) is 0 Å². The summed E-state index contributed by atoms with van der Waals surface area (Å²) < 4.78 is 0. The predicted octanol–water partition coefficient (Wildman–Crippen LogP) is 12.3. The first-order valence-corrected chi connectivity index (χ1v) is 16.9. The Hall–Kier alpha value is -6.71. The molecule has 0 fully saturated rings. The highest BCUT2D eigenvalue weighted by Crippen LogP contribution is 2.41. The second-order valence-corrected chi connectivity index (χ2v) is 12.8. The normalized spacial score (nSPS) is 11.6. The average molecular weight is 636 g/mol. The molecule has 3 aromatic heterocycles. The quantitative estimate of drug-likeness (QED) is 0.181. The van der Waals surface area contributed by atoms with Crippen molar-refractivity contribution in [1.82, 2.24) is 15.0 Å². The molecule has 0 spiro atoms. The maximum absolute atomic E-state index is 5.37. The Labute approximate surface area is 289 Å². The van der Waals surface area contributed by atoms with E-state index >= 15 is 0 Å². The van der Waals surface area contributed by atoms with Gasteiger partial charge in [-0.3, -0.25) is 9.97 Å². The molecular formula is C47H29N3. The van der Waals surface area contributed by atoms with E-state index in [1.54, 1.807) is 6.20 Å². The van der Waals surface area contributed by atoms with Crippen LogP contribution in [0.25, 0.3) is 98.8 Å². The predicted molar refractivity (Wildman–Crippen MR) is 209 cm³/mol. The number of benzene rings is 7. The van der Waals surface area contributed by atoms with Crippen LogP contribution < -0.4 is 0 Å². The molecule has 0 amide bonds. The van der Waals surface area contributed by atoms with Gasteiger partial charge in [-0.15, -0.1) is 0 Å². The Morgan fingerprint density at radius 1 is 0.340 bits per heavy atom. The second kappa shape index (κ2) is 11.5. The van der Waals surface area contributed by atoms with Crippen molar-refractivity contribution in [3.05, 3.63) is 176 Å². The van der Waals surface area contributed by atoms with E-state index in [-0.39, 0.29) is 0 Å². The number of aromatic nitrogens is 3. The molecule has 0 unspecified atom stereocenters. The standard InChI is InChI=1S/C47H29N3/c1-3-13-35-30(10-1)24-41(39-17-7-5-15-37(35)39)32-19-22-46-44(26-32)42(33-20-21-45(49-29-33)34-12-9-23-48-28-34)27-47(50-46)43-25-31-11-2-4-14-36(31)38-16-6-8-18-40(38)43/h1-29H. The molecular weight excluding hydrogens is 607 g/mol. The number of hydrogen-bond donors (Lipinski definition) is 0. The van der Waals surface area contributed by atoms with Gasteiger partial charge in [0, 0.05) is 40.7 Å². The molecule has 0 aliphatic rings. The maximum atomic E-state index is 5.37. The van der Waals surface area contributed by atoms with E-state index in [4.69, 9.17) is 9.97 Å². The molecule has 10 rings (SSSR count). The van der Waals surface area contributed by atoms with Gasteiger partial charge in [0.05, 0.1) is 16.9 Å². The first-order chi connectivity index (χ1) is 24.8. The van der Waals surface area contributed by atoms with Crippen LogP contribution in [0.1, 0.15) is 0 Å². The molecule has 3 heterocycles. The first kappa shape index (κ1) is 28.3. The van der Waals surface area contributed by atoms with Gasteiger partial charge in [-0.05, 0) is 108 Å². The second-order valence-electron chi connectivity index (χ2n) is 12.8. The lowest BCUT2D eigenvalue weighted by molar-refractivity contribution is 1.28. The highest BCUT2D eigenvalue weighted by molar-refractivity contribution is 6.16. The van der Waals surface area contributed by atoms with Gasteiger partial charge in [0.2, 0.25) is 0 Å². The van der Waals surface area contributed by atoms with Crippen molar-refractivity contribution in [3.8, 4) is 44.8 Å². The molecule has 0 aliphatic carbocycles. The van der Waals surface area contributed by atoms with Gasteiger partial charge in [0.1, 0.15) is 0 Å². The summed E-state index contributed by atoms with van der Waals surface area (Å²) in [5.74, 6) is 0. The van der Waals surface area contributed by atoms with Crippen LogP contribution >= 0.6 is 0 Å². The lowest BCUT2D eigenvalue weighted by atomic mass is 9.90. The molecule has 10 aromatic rings. The van der Waals surface area contributed by atoms with Crippen LogP contribution in [0.4, 0.5) is 0 Å². The fraction of sp³-hybridized carbons (Fsp3) is 0. The fourth-order valence-corrected chi connectivity index (χ4v) is 7.57. The van der Waals surface area contributed by atoms with Crippen LogP contribution in [0.3, 0.4) is 0 Å². The molecule has 0 saturated heterocycles. The Morgan fingerprint density at radius 3 is 1.60 bits per heavy atom. The van der Waals surface area contributed by atoms with Crippen LogP contribution in [-0.2, 0) is 0 Å². The molecule has 232 valence electrons. The molecule has 7 aromatic carbocycles. The monoisotopic (exact) mass is 635 g/mol. The van der Waals surface area contributed by atoms with Crippen molar-refractivity contribution in [3.63, 3.8) is 0 Å². The summed E-state index contributed by atoms with van der Waals surface area (Å²) in [4.78, 5) is 14.6. The van der Waals surface area contributed by atoms with E-state index in [2.05, 4.69) is 151 Å². The molecule has 0 aliphatic heterocycles. The van der Waals surface area contributed by atoms with Gasteiger partial charge in [-0.2, -0.15) is 0 Å². The smallest absolute Gasteiger partial charge is 0.0722 e. The Kier molecular flexibility index (Phi) is 6.49. The summed E-state index contributed by atoms with van der Waals surface area (Å²) in [6.45, 7) is 0. The van der Waals surface area contributed by atoms with Gasteiger partial charge in [0.15, 0.2) is 0 Å². The number of fused-ring (bicyclic) bond motifs is 7. The molecule has 3 nitrogen and oxygen atoms in total. The zero-order valence-corrected chi connectivity index (χ0v) is 27.1. The summed E-state index contributed by atoms with van der Waals surface area (Å²) in [5, 5.41) is 10.9. The minimum Gasteiger partial charge on any atom is -0.264 e. The third kappa shape index (κ3) is 4.63. The summed E-state index contributed by atoms with van der Waals surface area (Å²) in [7, 11) is 0. The van der Waals surface area contributed by atoms with Crippen molar-refractivity contribution in [2.45, 2.75) is 0 Å². The molecule has 3 heteroatoms. The zero-order valence-electron chi connectivity index (χ0n) is 27.1. The van der Waals surface area contributed by atoms with Crippen LogP contribution in [0.2, 0.25) is 0 Å². The Morgan fingerprint density at radius 2 is 0.940 bits per heavy atom. The van der Waals surface area contributed by atoms with Crippen molar-refractivity contribution in [1.29, 1.82) is 0 Å². The van der Waals surface area contributed by atoms with Crippen molar-refractivity contribution >= 4 is 54.0 Å². The molecule has 0 radical (unpaired) electrons. The summed E-state index contributed by atoms with van der Waals surface area (Å²) in [6.07, 6.45) is 5.62. The lowest BCUT2D eigenvalue weighted by Gasteiger charge is -2.16. The van der Waals surface area contributed by atoms with E-state index in [1.165, 1.54) is 48.7 Å². The highest BCUT2D eigenvalue weighted by atomic mass is 14.7. The van der Waals surface area contributed by atoms with Gasteiger partial charge in [-0.25, -0.2) is 4.98 Å². The zero-order chi connectivity index (χ0) is 33.0. The van der Waals surface area contributed by atoms with E-state index in [1.807, 2.05) is 24.5 Å². The fourth-order valence-electron chi connectivity index (χ4n) is 7.57. The summed E-state index contributed by atoms with van der Waals surface area (Å²) >= 11 is 0. The topological polar surface area (TPSA) is 38.7 Å². The van der Waals surface area contributed by atoms with Crippen molar-refractivity contribution < 1.29 is 0 Å². The third-order valence-corrected chi connectivity index (χ3v) is 9.96. The molecule has 0 atom stereocenters. The third-order valence-electron chi connectivity index (χ3n) is 9.96. The van der Waals surface area contributed by atoms with E-state index in [9.17, 15) is 0 Å². The Bertz CT molecular complexity index is 2910. The maximum Gasteiger partial charge on any atom is 0.0722 e. The van der Waals surface area contributed by atoms with Crippen LogP contribution in [0.15, 0.2) is 176 Å². The van der Waals surface area contributed by atoms with Gasteiger partial charge in [0.25, 0.3) is 0 Å². The Balaban J connectivity index is 1.23. The average Bonchev–Trinajstić information content (AvgIpc) is 3.20. The van der Waals surface area contributed by atoms with Crippen LogP contribution in [-0.4, -0.2) is 15.0 Å². The van der Waals surface area contributed by atoms with Gasteiger partial charge in [-0.1, -0.05) is 109 Å². The first-order valence-electron chi connectivity index (χ1n) is 16.9. The van der Waals surface area contributed by atoms with Crippen molar-refractivity contribution in [2.75, 3.05) is 0 Å². The van der Waals surface area contributed by atoms with Crippen LogP contribution in [0, 0.1) is 0 Å². The number of nitrogens with zero attached hydrogens (tertiary/aromatic N) is 3. The molecule has 0 bridgehead atoms. The summed E-state index contributed by atoms with van der Waals surface area (Å²) in [5.41, 5.74) is 9.39. The highest BCUT2D eigenvalue weighted by Gasteiger charge is 2.16. The molecule has 0 saturated carbocycles. The van der Waals surface area contributed by atoms with E-state index < -0.39 is 0 Å². The van der Waals surface area contributed by atoms with Crippen molar-refractivity contribution in [2.24, 2.45) is 0 Å². The SMILES string of the molecule is c1cncc(-c2ccc(-c3cc(-c4cc5ccccc5c5ccccc45)nc4ccc(-c5cc6ccccc6c6ccccc56)cc34)cn2)c1. The minimum atomic E-state index is 0.893. The van der Waals surface area contributed by atoms with Gasteiger partial charge >= 0.3 is 0 Å². The van der Waals surface area contributed by atoms with Gasteiger partial charge < -0.3 is 0 Å². The van der Waals surface area contributed by atoms with E-state index in [0.717, 1.165) is 50.1 Å².